The monoisotopic (exact) mass is 394 g/mol. The Morgan fingerprint density at radius 2 is 1.69 bits per heavy atom. The van der Waals surface area contributed by atoms with E-state index in [-0.39, 0.29) is 24.0 Å². The van der Waals surface area contributed by atoms with Gasteiger partial charge in [0.2, 0.25) is 0 Å². The van der Waals surface area contributed by atoms with Crippen molar-refractivity contribution in [2.75, 3.05) is 19.7 Å². The first-order chi connectivity index (χ1) is 13.8. The lowest BCUT2D eigenvalue weighted by Gasteiger charge is -2.36. The van der Waals surface area contributed by atoms with Crippen LogP contribution in [-0.4, -0.2) is 36.5 Å². The number of likely N-dealkylation sites (tertiary alicyclic amines) is 1. The van der Waals surface area contributed by atoms with Crippen molar-refractivity contribution in [3.05, 3.63) is 65.7 Å². The fourth-order valence-electron chi connectivity index (χ4n) is 3.84. The zero-order chi connectivity index (χ0) is 20.9. The number of piperidine rings is 1. The minimum absolute atomic E-state index is 0.0422. The van der Waals surface area contributed by atoms with Gasteiger partial charge in [0, 0.05) is 25.2 Å². The van der Waals surface area contributed by atoms with Gasteiger partial charge in [-0.25, -0.2) is 0 Å². The molecule has 1 N–H and O–H groups in total. The van der Waals surface area contributed by atoms with Crippen LogP contribution >= 0.6 is 0 Å². The molecular weight excluding hydrogens is 360 g/mol. The first kappa shape index (κ1) is 21.4. The summed E-state index contributed by atoms with van der Waals surface area (Å²) in [5, 5.41) is 3.13. The summed E-state index contributed by atoms with van der Waals surface area (Å²) in [7, 11) is 0. The Morgan fingerprint density at radius 3 is 2.28 bits per heavy atom. The van der Waals surface area contributed by atoms with E-state index in [9.17, 15) is 4.79 Å². The van der Waals surface area contributed by atoms with E-state index in [2.05, 4.69) is 80.4 Å². The standard InChI is InChI=1S/C25H34N2O2/c1-19(20-8-6-5-7-9-20)27-16-14-22(15-17-27)26-24(28)18-29-23-12-10-21(11-13-23)25(2,3)4/h5-13,19,22H,14-18H2,1-4H3,(H,26,28)/t19-/m0/s1. The molecule has 3 rings (SSSR count). The maximum Gasteiger partial charge on any atom is 0.258 e. The molecule has 2 aromatic rings. The van der Waals surface area contributed by atoms with E-state index in [1.165, 1.54) is 11.1 Å². The van der Waals surface area contributed by atoms with Gasteiger partial charge in [0.15, 0.2) is 6.61 Å². The molecule has 0 radical (unpaired) electrons. The lowest BCUT2D eigenvalue weighted by molar-refractivity contribution is -0.124. The fraction of sp³-hybridized carbons (Fsp3) is 0.480. The molecule has 1 saturated heterocycles. The van der Waals surface area contributed by atoms with Gasteiger partial charge in [-0.05, 0) is 48.4 Å². The number of carbonyl (C=O) groups excluding carboxylic acids is 1. The highest BCUT2D eigenvalue weighted by Gasteiger charge is 2.24. The Hall–Kier alpha value is -2.33. The van der Waals surface area contributed by atoms with Gasteiger partial charge >= 0.3 is 0 Å². The molecular formula is C25H34N2O2. The predicted molar refractivity (Wildman–Crippen MR) is 118 cm³/mol. The normalized spacial score (nSPS) is 17.0. The lowest BCUT2D eigenvalue weighted by Crippen LogP contribution is -2.46. The van der Waals surface area contributed by atoms with Crippen LogP contribution in [0.5, 0.6) is 5.75 Å². The Labute approximate surface area is 175 Å². The van der Waals surface area contributed by atoms with Crippen LogP contribution in [0.2, 0.25) is 0 Å². The minimum atomic E-state index is -0.0422. The van der Waals surface area contributed by atoms with Crippen molar-refractivity contribution in [2.45, 2.75) is 58.0 Å². The average Bonchev–Trinajstić information content (AvgIpc) is 2.72. The minimum Gasteiger partial charge on any atom is -0.484 e. The van der Waals surface area contributed by atoms with Crippen LogP contribution < -0.4 is 10.1 Å². The van der Waals surface area contributed by atoms with Crippen molar-refractivity contribution in [2.24, 2.45) is 0 Å². The van der Waals surface area contributed by atoms with E-state index >= 15 is 0 Å². The lowest BCUT2D eigenvalue weighted by atomic mass is 9.87. The molecule has 2 aromatic carbocycles. The summed E-state index contributed by atoms with van der Waals surface area (Å²) < 4.78 is 5.67. The summed E-state index contributed by atoms with van der Waals surface area (Å²) in [6.07, 6.45) is 1.95. The maximum atomic E-state index is 12.3. The summed E-state index contributed by atoms with van der Waals surface area (Å²) in [6, 6.07) is 19.3. The zero-order valence-corrected chi connectivity index (χ0v) is 18.2. The molecule has 1 amide bonds. The Morgan fingerprint density at radius 1 is 1.07 bits per heavy atom. The van der Waals surface area contributed by atoms with E-state index in [0.717, 1.165) is 31.7 Å². The summed E-state index contributed by atoms with van der Waals surface area (Å²) in [4.78, 5) is 14.8. The third-order valence-electron chi connectivity index (χ3n) is 5.81. The van der Waals surface area contributed by atoms with Gasteiger partial charge in [-0.2, -0.15) is 0 Å². The highest BCUT2D eigenvalue weighted by Crippen LogP contribution is 2.25. The number of benzene rings is 2. The highest BCUT2D eigenvalue weighted by atomic mass is 16.5. The van der Waals surface area contributed by atoms with E-state index in [1.54, 1.807) is 0 Å². The van der Waals surface area contributed by atoms with Crippen LogP contribution in [0.15, 0.2) is 54.6 Å². The Bertz CT molecular complexity index is 773. The predicted octanol–water partition coefficient (Wildman–Crippen LogP) is 4.70. The van der Waals surface area contributed by atoms with Crippen molar-refractivity contribution < 1.29 is 9.53 Å². The molecule has 29 heavy (non-hydrogen) atoms. The van der Waals surface area contributed by atoms with Crippen molar-refractivity contribution in [3.8, 4) is 5.75 Å². The summed E-state index contributed by atoms with van der Waals surface area (Å²) in [6.45, 7) is 10.9. The molecule has 0 aromatic heterocycles. The molecule has 1 heterocycles. The SMILES string of the molecule is C[C@@H](c1ccccc1)N1CCC(NC(=O)COc2ccc(C(C)(C)C)cc2)CC1. The first-order valence-corrected chi connectivity index (χ1v) is 10.6. The van der Waals surface area contributed by atoms with Crippen molar-refractivity contribution >= 4 is 5.91 Å². The molecule has 0 saturated carbocycles. The molecule has 0 unspecified atom stereocenters. The molecule has 1 fully saturated rings. The second kappa shape index (κ2) is 9.45. The van der Waals surface area contributed by atoms with E-state index in [4.69, 9.17) is 4.74 Å². The van der Waals surface area contributed by atoms with Crippen LogP contribution in [0.4, 0.5) is 0 Å². The second-order valence-corrected chi connectivity index (χ2v) is 9.03. The van der Waals surface area contributed by atoms with E-state index in [1.807, 2.05) is 12.1 Å². The largest absolute Gasteiger partial charge is 0.484 e. The highest BCUT2D eigenvalue weighted by molar-refractivity contribution is 5.77. The number of amides is 1. The van der Waals surface area contributed by atoms with Gasteiger partial charge in [0.05, 0.1) is 0 Å². The Balaban J connectivity index is 1.41. The fourth-order valence-corrected chi connectivity index (χ4v) is 3.84. The van der Waals surface area contributed by atoms with Gasteiger partial charge in [0.1, 0.15) is 5.75 Å². The number of nitrogens with one attached hydrogen (secondary N) is 1. The summed E-state index contributed by atoms with van der Waals surface area (Å²) in [5.74, 6) is 0.694. The van der Waals surface area contributed by atoms with Crippen LogP contribution in [0.3, 0.4) is 0 Å². The van der Waals surface area contributed by atoms with E-state index < -0.39 is 0 Å². The van der Waals surface area contributed by atoms with E-state index in [0.29, 0.717) is 6.04 Å². The van der Waals surface area contributed by atoms with Gasteiger partial charge in [0.25, 0.3) is 5.91 Å². The first-order valence-electron chi connectivity index (χ1n) is 10.6. The number of nitrogens with zero attached hydrogens (tertiary/aromatic N) is 1. The van der Waals surface area contributed by atoms with Crippen LogP contribution in [-0.2, 0) is 10.2 Å². The molecule has 1 atom stereocenters. The van der Waals surface area contributed by atoms with Crippen molar-refractivity contribution in [1.82, 2.24) is 10.2 Å². The summed E-state index contributed by atoms with van der Waals surface area (Å²) in [5.41, 5.74) is 2.72. The third-order valence-corrected chi connectivity index (χ3v) is 5.81. The van der Waals surface area contributed by atoms with Gasteiger partial charge in [-0.3, -0.25) is 9.69 Å². The van der Waals surface area contributed by atoms with Crippen LogP contribution in [0.1, 0.15) is 57.7 Å². The molecule has 1 aliphatic rings. The summed E-state index contributed by atoms with van der Waals surface area (Å²) >= 11 is 0. The molecule has 1 aliphatic heterocycles. The number of hydrogen-bond donors (Lipinski definition) is 1. The third kappa shape index (κ3) is 6.07. The topological polar surface area (TPSA) is 41.6 Å². The quantitative estimate of drug-likeness (QED) is 0.772. The molecule has 156 valence electrons. The van der Waals surface area contributed by atoms with Gasteiger partial charge in [-0.1, -0.05) is 63.2 Å². The van der Waals surface area contributed by atoms with Crippen molar-refractivity contribution in [3.63, 3.8) is 0 Å². The number of rotatable bonds is 6. The smallest absolute Gasteiger partial charge is 0.258 e. The average molecular weight is 395 g/mol. The van der Waals surface area contributed by atoms with Gasteiger partial charge < -0.3 is 10.1 Å². The molecule has 0 spiro atoms. The maximum absolute atomic E-state index is 12.3. The molecule has 4 nitrogen and oxygen atoms in total. The van der Waals surface area contributed by atoms with Crippen LogP contribution in [0, 0.1) is 0 Å². The molecule has 4 heteroatoms. The number of hydrogen-bond acceptors (Lipinski definition) is 3. The number of carbonyl (C=O) groups is 1. The zero-order valence-electron chi connectivity index (χ0n) is 18.2. The number of ether oxygens (including phenoxy) is 1. The van der Waals surface area contributed by atoms with Crippen molar-refractivity contribution in [1.29, 1.82) is 0 Å². The molecule has 0 aliphatic carbocycles. The Kier molecular flexibility index (Phi) is 6.96. The second-order valence-electron chi connectivity index (χ2n) is 9.03. The van der Waals surface area contributed by atoms with Gasteiger partial charge in [-0.15, -0.1) is 0 Å². The molecule has 0 bridgehead atoms. The van der Waals surface area contributed by atoms with Crippen LogP contribution in [0.25, 0.3) is 0 Å².